The average Bonchev–Trinajstić information content (AvgIpc) is 2.94. The third-order valence-electron chi connectivity index (χ3n) is 3.92. The molecule has 3 rings (SSSR count). The predicted octanol–water partition coefficient (Wildman–Crippen LogP) is 2.01. The molecular weight excluding hydrogens is 296 g/mol. The van der Waals surface area contributed by atoms with Crippen molar-refractivity contribution in [3.63, 3.8) is 0 Å². The van der Waals surface area contributed by atoms with Gasteiger partial charge in [0.05, 0.1) is 18.3 Å². The molecule has 0 saturated carbocycles. The summed E-state index contributed by atoms with van der Waals surface area (Å²) < 4.78 is 10.8. The molecule has 0 spiro atoms. The van der Waals surface area contributed by atoms with Gasteiger partial charge < -0.3 is 19.7 Å². The molecule has 1 atom stereocenters. The Morgan fingerprint density at radius 1 is 1.39 bits per heavy atom. The molecule has 3 heterocycles. The van der Waals surface area contributed by atoms with Crippen LogP contribution in [0, 0.1) is 0 Å². The van der Waals surface area contributed by atoms with E-state index in [2.05, 4.69) is 15.3 Å². The summed E-state index contributed by atoms with van der Waals surface area (Å²) in [6, 6.07) is 2.18. The Morgan fingerprint density at radius 2 is 2.17 bits per heavy atom. The monoisotopic (exact) mass is 320 g/mol. The van der Waals surface area contributed by atoms with Crippen molar-refractivity contribution in [1.82, 2.24) is 14.9 Å². The molecule has 0 aliphatic carbocycles. The van der Waals surface area contributed by atoms with E-state index < -0.39 is 5.60 Å². The SMILES string of the molecule is CC(C)(C)OC(=O)N1CC(Nc2cc(C3CCOC3)ncn2)C1. The first-order chi connectivity index (χ1) is 10.9. The van der Waals surface area contributed by atoms with E-state index in [4.69, 9.17) is 9.47 Å². The first-order valence-electron chi connectivity index (χ1n) is 8.05. The van der Waals surface area contributed by atoms with E-state index in [1.165, 1.54) is 0 Å². The van der Waals surface area contributed by atoms with Crippen LogP contribution in [0.1, 0.15) is 38.8 Å². The van der Waals surface area contributed by atoms with Gasteiger partial charge in [0.2, 0.25) is 0 Å². The van der Waals surface area contributed by atoms with Crippen molar-refractivity contribution in [3.05, 3.63) is 18.1 Å². The average molecular weight is 320 g/mol. The van der Waals surface area contributed by atoms with Gasteiger partial charge in [-0.1, -0.05) is 0 Å². The van der Waals surface area contributed by atoms with Gasteiger partial charge in [-0.2, -0.15) is 0 Å². The second kappa shape index (κ2) is 6.31. The highest BCUT2D eigenvalue weighted by molar-refractivity contribution is 5.69. The third-order valence-corrected chi connectivity index (χ3v) is 3.92. The number of nitrogens with one attached hydrogen (secondary N) is 1. The van der Waals surface area contributed by atoms with Crippen LogP contribution in [-0.4, -0.2) is 58.9 Å². The summed E-state index contributed by atoms with van der Waals surface area (Å²) in [6.07, 6.45) is 2.33. The van der Waals surface area contributed by atoms with Crippen LogP contribution in [0.5, 0.6) is 0 Å². The Morgan fingerprint density at radius 3 is 2.83 bits per heavy atom. The second-order valence-corrected chi connectivity index (χ2v) is 7.12. The normalized spacial score (nSPS) is 21.9. The fourth-order valence-corrected chi connectivity index (χ4v) is 2.70. The molecule has 23 heavy (non-hydrogen) atoms. The Labute approximate surface area is 136 Å². The zero-order valence-corrected chi connectivity index (χ0v) is 13.9. The summed E-state index contributed by atoms with van der Waals surface area (Å²) in [6.45, 7) is 8.39. The van der Waals surface area contributed by atoms with Crippen LogP contribution in [0.25, 0.3) is 0 Å². The molecule has 1 N–H and O–H groups in total. The Bertz CT molecular complexity index is 561. The number of nitrogens with zero attached hydrogens (tertiary/aromatic N) is 3. The number of amides is 1. The lowest BCUT2D eigenvalue weighted by Gasteiger charge is -2.40. The topological polar surface area (TPSA) is 76.6 Å². The maximum absolute atomic E-state index is 11.9. The van der Waals surface area contributed by atoms with Crippen molar-refractivity contribution in [2.75, 3.05) is 31.6 Å². The number of hydrogen-bond acceptors (Lipinski definition) is 6. The summed E-state index contributed by atoms with van der Waals surface area (Å²) in [4.78, 5) is 22.2. The fraction of sp³-hybridized carbons (Fsp3) is 0.688. The minimum atomic E-state index is -0.458. The summed E-state index contributed by atoms with van der Waals surface area (Å²) in [5, 5.41) is 3.35. The minimum absolute atomic E-state index is 0.199. The van der Waals surface area contributed by atoms with Crippen LogP contribution in [0.2, 0.25) is 0 Å². The standard InChI is InChI=1S/C16H24N4O3/c1-16(2,3)23-15(21)20-7-12(8-20)19-14-6-13(17-10-18-14)11-4-5-22-9-11/h6,10-12H,4-5,7-9H2,1-3H3,(H,17,18,19). The largest absolute Gasteiger partial charge is 0.444 e. The van der Waals surface area contributed by atoms with Crippen molar-refractivity contribution in [2.24, 2.45) is 0 Å². The van der Waals surface area contributed by atoms with Gasteiger partial charge in [0.15, 0.2) is 0 Å². The van der Waals surface area contributed by atoms with Gasteiger partial charge in [0, 0.05) is 31.7 Å². The van der Waals surface area contributed by atoms with Gasteiger partial charge in [0.25, 0.3) is 0 Å². The number of rotatable bonds is 3. The van der Waals surface area contributed by atoms with Crippen LogP contribution in [-0.2, 0) is 9.47 Å². The molecule has 2 fully saturated rings. The van der Waals surface area contributed by atoms with Gasteiger partial charge in [-0.25, -0.2) is 14.8 Å². The number of carbonyl (C=O) groups is 1. The summed E-state index contributed by atoms with van der Waals surface area (Å²) >= 11 is 0. The van der Waals surface area contributed by atoms with Gasteiger partial charge in [0.1, 0.15) is 17.7 Å². The van der Waals surface area contributed by atoms with E-state index in [-0.39, 0.29) is 12.1 Å². The quantitative estimate of drug-likeness (QED) is 0.918. The van der Waals surface area contributed by atoms with Crippen molar-refractivity contribution >= 4 is 11.9 Å². The maximum Gasteiger partial charge on any atom is 0.410 e. The molecule has 7 nitrogen and oxygen atoms in total. The van der Waals surface area contributed by atoms with E-state index in [0.717, 1.165) is 31.1 Å². The summed E-state index contributed by atoms with van der Waals surface area (Å²) in [5.41, 5.74) is 0.559. The Balaban J connectivity index is 1.50. The lowest BCUT2D eigenvalue weighted by molar-refractivity contribution is 0.0104. The van der Waals surface area contributed by atoms with E-state index in [9.17, 15) is 4.79 Å². The van der Waals surface area contributed by atoms with Gasteiger partial charge in [-0.15, -0.1) is 0 Å². The minimum Gasteiger partial charge on any atom is -0.444 e. The number of anilines is 1. The molecule has 7 heteroatoms. The van der Waals surface area contributed by atoms with Gasteiger partial charge in [-0.3, -0.25) is 0 Å². The van der Waals surface area contributed by atoms with Crippen LogP contribution in [0.4, 0.5) is 10.6 Å². The zero-order valence-electron chi connectivity index (χ0n) is 13.9. The van der Waals surface area contributed by atoms with E-state index in [1.54, 1.807) is 11.2 Å². The fourth-order valence-electron chi connectivity index (χ4n) is 2.70. The van der Waals surface area contributed by atoms with Crippen molar-refractivity contribution in [2.45, 2.75) is 44.8 Å². The molecule has 0 bridgehead atoms. The number of carbonyl (C=O) groups excluding carboxylic acids is 1. The molecule has 1 aromatic heterocycles. The first kappa shape index (κ1) is 16.0. The first-order valence-corrected chi connectivity index (χ1v) is 8.05. The second-order valence-electron chi connectivity index (χ2n) is 7.12. The number of likely N-dealkylation sites (tertiary alicyclic amines) is 1. The lowest BCUT2D eigenvalue weighted by atomic mass is 10.0. The molecule has 2 aliphatic heterocycles. The summed E-state index contributed by atoms with van der Waals surface area (Å²) in [7, 11) is 0. The third kappa shape index (κ3) is 4.10. The van der Waals surface area contributed by atoms with Crippen molar-refractivity contribution in [1.29, 1.82) is 0 Å². The zero-order chi connectivity index (χ0) is 16.4. The highest BCUT2D eigenvalue weighted by Crippen LogP contribution is 2.25. The highest BCUT2D eigenvalue weighted by atomic mass is 16.6. The molecule has 0 radical (unpaired) electrons. The number of ether oxygens (including phenoxy) is 2. The molecule has 0 aromatic carbocycles. The number of aromatic nitrogens is 2. The van der Waals surface area contributed by atoms with Crippen LogP contribution in [0.15, 0.2) is 12.4 Å². The predicted molar refractivity (Wildman–Crippen MR) is 85.4 cm³/mol. The van der Waals surface area contributed by atoms with E-state index in [1.807, 2.05) is 26.8 Å². The Hall–Kier alpha value is -1.89. The molecule has 2 aliphatic rings. The molecular formula is C16H24N4O3. The molecule has 2 saturated heterocycles. The van der Waals surface area contributed by atoms with Crippen molar-refractivity contribution in [3.8, 4) is 0 Å². The van der Waals surface area contributed by atoms with Crippen LogP contribution < -0.4 is 5.32 Å². The molecule has 1 amide bonds. The highest BCUT2D eigenvalue weighted by Gasteiger charge is 2.34. The summed E-state index contributed by atoms with van der Waals surface area (Å²) in [5.74, 6) is 1.16. The number of hydrogen-bond donors (Lipinski definition) is 1. The molecule has 1 aromatic rings. The van der Waals surface area contributed by atoms with E-state index in [0.29, 0.717) is 19.0 Å². The van der Waals surface area contributed by atoms with Crippen LogP contribution in [0.3, 0.4) is 0 Å². The smallest absolute Gasteiger partial charge is 0.410 e. The van der Waals surface area contributed by atoms with E-state index >= 15 is 0 Å². The van der Waals surface area contributed by atoms with Gasteiger partial charge >= 0.3 is 6.09 Å². The van der Waals surface area contributed by atoms with Crippen molar-refractivity contribution < 1.29 is 14.3 Å². The van der Waals surface area contributed by atoms with Gasteiger partial charge in [-0.05, 0) is 27.2 Å². The van der Waals surface area contributed by atoms with Crippen LogP contribution >= 0.6 is 0 Å². The lowest BCUT2D eigenvalue weighted by Crippen LogP contribution is -2.58. The Kier molecular flexibility index (Phi) is 4.39. The molecule has 126 valence electrons. The molecule has 1 unspecified atom stereocenters. The maximum atomic E-state index is 11.9.